The third-order valence-electron chi connectivity index (χ3n) is 6.89. The van der Waals surface area contributed by atoms with Gasteiger partial charge in [0.05, 0.1) is 0 Å². The SMILES string of the molecule is Cc1cc(C)cc(N(C(=O)c2ccc3c(c2)OCCO3)[C@H](C(=O)NC2CCCC2)c2ccc(F)cc2)c1. The van der Waals surface area contributed by atoms with E-state index < -0.39 is 11.9 Å². The van der Waals surface area contributed by atoms with Gasteiger partial charge in [-0.3, -0.25) is 14.5 Å². The number of hydrogen-bond acceptors (Lipinski definition) is 4. The van der Waals surface area contributed by atoms with E-state index in [0.29, 0.717) is 41.5 Å². The Labute approximate surface area is 216 Å². The van der Waals surface area contributed by atoms with Crippen LogP contribution >= 0.6 is 0 Å². The van der Waals surface area contributed by atoms with Crippen LogP contribution in [0.15, 0.2) is 60.7 Å². The highest BCUT2D eigenvalue weighted by Crippen LogP contribution is 2.35. The fraction of sp³-hybridized carbons (Fsp3) is 0.333. The topological polar surface area (TPSA) is 67.9 Å². The van der Waals surface area contributed by atoms with Crippen LogP contribution in [-0.2, 0) is 4.79 Å². The van der Waals surface area contributed by atoms with Crippen molar-refractivity contribution >= 4 is 17.5 Å². The van der Waals surface area contributed by atoms with Crippen LogP contribution < -0.4 is 19.7 Å². The second kappa shape index (κ2) is 10.6. The number of carbonyl (C=O) groups is 2. The third-order valence-corrected chi connectivity index (χ3v) is 6.89. The van der Waals surface area contributed by atoms with E-state index in [1.54, 1.807) is 30.3 Å². The summed E-state index contributed by atoms with van der Waals surface area (Å²) < 4.78 is 25.2. The zero-order valence-corrected chi connectivity index (χ0v) is 21.1. The highest BCUT2D eigenvalue weighted by molar-refractivity contribution is 6.10. The average Bonchev–Trinajstić information content (AvgIpc) is 3.39. The van der Waals surface area contributed by atoms with Gasteiger partial charge in [-0.25, -0.2) is 4.39 Å². The first kappa shape index (κ1) is 24.8. The summed E-state index contributed by atoms with van der Waals surface area (Å²) in [6.07, 6.45) is 3.93. The van der Waals surface area contributed by atoms with E-state index in [0.717, 1.165) is 36.8 Å². The van der Waals surface area contributed by atoms with Crippen LogP contribution in [0.25, 0.3) is 0 Å². The van der Waals surface area contributed by atoms with Gasteiger partial charge < -0.3 is 14.8 Å². The smallest absolute Gasteiger partial charge is 0.259 e. The first-order valence-corrected chi connectivity index (χ1v) is 12.8. The molecule has 0 bridgehead atoms. The largest absolute Gasteiger partial charge is 0.486 e. The number of benzene rings is 3. The Morgan fingerprint density at radius 2 is 1.54 bits per heavy atom. The lowest BCUT2D eigenvalue weighted by atomic mass is 9.99. The van der Waals surface area contributed by atoms with E-state index in [2.05, 4.69) is 5.32 Å². The average molecular weight is 503 g/mol. The van der Waals surface area contributed by atoms with Crippen molar-refractivity contribution < 1.29 is 23.5 Å². The quantitative estimate of drug-likeness (QED) is 0.472. The predicted octanol–water partition coefficient (Wildman–Crippen LogP) is 5.66. The number of nitrogens with zero attached hydrogens (tertiary/aromatic N) is 1. The molecule has 1 heterocycles. The zero-order chi connectivity index (χ0) is 25.9. The molecule has 6 nitrogen and oxygen atoms in total. The van der Waals surface area contributed by atoms with E-state index in [-0.39, 0.29) is 17.9 Å². The molecular formula is C30H31FN2O4. The fourth-order valence-corrected chi connectivity index (χ4v) is 5.20. The van der Waals surface area contributed by atoms with Crippen LogP contribution in [0, 0.1) is 19.7 Å². The number of aryl methyl sites for hydroxylation is 2. The van der Waals surface area contributed by atoms with Gasteiger partial charge in [-0.1, -0.05) is 31.0 Å². The van der Waals surface area contributed by atoms with Gasteiger partial charge >= 0.3 is 0 Å². The van der Waals surface area contributed by atoms with Crippen molar-refractivity contribution in [3.8, 4) is 11.5 Å². The molecule has 37 heavy (non-hydrogen) atoms. The van der Waals surface area contributed by atoms with Crippen molar-refractivity contribution in [2.45, 2.75) is 51.6 Å². The molecule has 1 atom stereocenters. The molecule has 2 amide bonds. The number of amides is 2. The molecule has 5 rings (SSSR count). The summed E-state index contributed by atoms with van der Waals surface area (Å²) >= 11 is 0. The lowest BCUT2D eigenvalue weighted by molar-refractivity contribution is -0.123. The number of anilines is 1. The van der Waals surface area contributed by atoms with Crippen molar-refractivity contribution in [3.63, 3.8) is 0 Å². The molecule has 1 N–H and O–H groups in total. The van der Waals surface area contributed by atoms with Crippen molar-refractivity contribution in [3.05, 3.63) is 88.7 Å². The molecule has 3 aromatic carbocycles. The minimum absolute atomic E-state index is 0.0564. The van der Waals surface area contributed by atoms with Gasteiger partial charge in [-0.05, 0) is 85.8 Å². The van der Waals surface area contributed by atoms with Gasteiger partial charge in [0.15, 0.2) is 11.5 Å². The number of rotatable bonds is 6. The Kier molecular flexibility index (Phi) is 7.12. The summed E-state index contributed by atoms with van der Waals surface area (Å²) in [5.74, 6) is 0.0114. The van der Waals surface area contributed by atoms with Crippen LogP contribution in [0.3, 0.4) is 0 Å². The summed E-state index contributed by atoms with van der Waals surface area (Å²) in [4.78, 5) is 29.7. The minimum Gasteiger partial charge on any atom is -0.486 e. The van der Waals surface area contributed by atoms with Crippen LogP contribution in [0.4, 0.5) is 10.1 Å². The summed E-state index contributed by atoms with van der Waals surface area (Å²) in [6, 6.07) is 15.7. The summed E-state index contributed by atoms with van der Waals surface area (Å²) in [6.45, 7) is 4.75. The molecule has 1 aliphatic carbocycles. The molecule has 3 aromatic rings. The second-order valence-electron chi connectivity index (χ2n) is 9.82. The Morgan fingerprint density at radius 1 is 0.892 bits per heavy atom. The number of hydrogen-bond donors (Lipinski definition) is 1. The van der Waals surface area contributed by atoms with Gasteiger partial charge in [0.25, 0.3) is 5.91 Å². The molecule has 0 saturated heterocycles. The number of fused-ring (bicyclic) bond motifs is 1. The van der Waals surface area contributed by atoms with Crippen LogP contribution in [0.1, 0.15) is 58.8 Å². The molecule has 1 saturated carbocycles. The minimum atomic E-state index is -0.997. The van der Waals surface area contributed by atoms with Gasteiger partial charge in [0.2, 0.25) is 5.91 Å². The molecule has 0 radical (unpaired) electrons. The normalized spacial score (nSPS) is 15.8. The molecule has 192 valence electrons. The molecule has 0 aromatic heterocycles. The molecule has 0 spiro atoms. The van der Waals surface area contributed by atoms with E-state index in [1.165, 1.54) is 17.0 Å². The second-order valence-corrected chi connectivity index (χ2v) is 9.82. The molecule has 1 aliphatic heterocycles. The number of carbonyl (C=O) groups excluding carboxylic acids is 2. The molecule has 7 heteroatoms. The van der Waals surface area contributed by atoms with E-state index in [4.69, 9.17) is 9.47 Å². The van der Waals surface area contributed by atoms with Crippen molar-refractivity contribution in [1.29, 1.82) is 0 Å². The van der Waals surface area contributed by atoms with Crippen LogP contribution in [0.2, 0.25) is 0 Å². The van der Waals surface area contributed by atoms with Crippen LogP contribution in [-0.4, -0.2) is 31.1 Å². The summed E-state index contributed by atoms with van der Waals surface area (Å²) in [7, 11) is 0. The van der Waals surface area contributed by atoms with Crippen molar-refractivity contribution in [1.82, 2.24) is 5.32 Å². The Bertz CT molecular complexity index is 1280. The Morgan fingerprint density at radius 3 is 2.22 bits per heavy atom. The molecular weight excluding hydrogens is 471 g/mol. The van der Waals surface area contributed by atoms with E-state index in [1.807, 2.05) is 32.0 Å². The third kappa shape index (κ3) is 5.45. The van der Waals surface area contributed by atoms with Gasteiger partial charge in [0, 0.05) is 17.3 Å². The first-order chi connectivity index (χ1) is 17.9. The number of halogens is 1. The standard InChI is InChI=1S/C30H31FN2O4/c1-19-15-20(2)17-25(16-19)33(30(35)22-9-12-26-27(18-22)37-14-13-36-26)28(21-7-10-23(31)11-8-21)29(34)32-24-5-3-4-6-24/h7-12,15-18,24,28H,3-6,13-14H2,1-2H3,(H,32,34)/t28-/m0/s1. The van der Waals surface area contributed by atoms with Gasteiger partial charge in [0.1, 0.15) is 25.1 Å². The molecule has 1 fully saturated rings. The molecule has 0 unspecified atom stereocenters. The first-order valence-electron chi connectivity index (χ1n) is 12.8. The maximum Gasteiger partial charge on any atom is 0.259 e. The predicted molar refractivity (Wildman–Crippen MR) is 140 cm³/mol. The van der Waals surface area contributed by atoms with E-state index >= 15 is 0 Å². The Hall–Kier alpha value is -3.87. The molecule has 2 aliphatic rings. The zero-order valence-electron chi connectivity index (χ0n) is 21.1. The van der Waals surface area contributed by atoms with Crippen molar-refractivity contribution in [2.24, 2.45) is 0 Å². The number of ether oxygens (including phenoxy) is 2. The Balaban J connectivity index is 1.62. The maximum absolute atomic E-state index is 14.3. The van der Waals surface area contributed by atoms with E-state index in [9.17, 15) is 14.0 Å². The van der Waals surface area contributed by atoms with Crippen molar-refractivity contribution in [2.75, 3.05) is 18.1 Å². The fourth-order valence-electron chi connectivity index (χ4n) is 5.20. The number of nitrogens with one attached hydrogen (secondary N) is 1. The van der Waals surface area contributed by atoms with Gasteiger partial charge in [-0.15, -0.1) is 0 Å². The maximum atomic E-state index is 14.3. The van der Waals surface area contributed by atoms with Crippen LogP contribution in [0.5, 0.6) is 11.5 Å². The lowest BCUT2D eigenvalue weighted by Gasteiger charge is -2.33. The highest BCUT2D eigenvalue weighted by Gasteiger charge is 2.35. The summed E-state index contributed by atoms with van der Waals surface area (Å²) in [5, 5.41) is 3.16. The lowest BCUT2D eigenvalue weighted by Crippen LogP contribution is -2.46. The summed E-state index contributed by atoms with van der Waals surface area (Å²) in [5.41, 5.74) is 3.41. The monoisotopic (exact) mass is 502 g/mol. The highest BCUT2D eigenvalue weighted by atomic mass is 19.1. The van der Waals surface area contributed by atoms with Gasteiger partial charge in [-0.2, -0.15) is 0 Å².